The minimum atomic E-state index is -4.63. The molecule has 0 saturated heterocycles. The Morgan fingerprint density at radius 3 is 1.46 bits per heavy atom. The van der Waals surface area contributed by atoms with Crippen LogP contribution in [0.2, 0.25) is 0 Å². The zero-order valence-corrected chi connectivity index (χ0v) is 38.4. The van der Waals surface area contributed by atoms with Crippen molar-refractivity contribution >= 4 is 6.58 Å². The summed E-state index contributed by atoms with van der Waals surface area (Å²) in [5.74, 6) is 0. The Labute approximate surface area is 337 Å². The molecule has 0 unspecified atom stereocenters. The van der Waals surface area contributed by atoms with Gasteiger partial charge in [-0.3, -0.25) is 0 Å². The molecule has 0 heterocycles. The van der Waals surface area contributed by atoms with Gasteiger partial charge in [0.2, 0.25) is 0 Å². The molecule has 0 bridgehead atoms. The number of rotatable bonds is 4. The van der Waals surface area contributed by atoms with E-state index in [1.54, 1.807) is 12.1 Å². The molecule has 4 aromatic rings. The zero-order chi connectivity index (χ0) is 41.6. The normalized spacial score (nSPS) is 14.9. The molecule has 0 radical (unpaired) electrons. The number of benzene rings is 4. The molecule has 0 atom stereocenters. The Morgan fingerprint density at radius 2 is 1.04 bits per heavy atom. The Morgan fingerprint density at radius 1 is 0.554 bits per heavy atom. The van der Waals surface area contributed by atoms with Crippen molar-refractivity contribution in [3.63, 3.8) is 0 Å². The van der Waals surface area contributed by atoms with Gasteiger partial charge in [-0.2, -0.15) is 0 Å². The summed E-state index contributed by atoms with van der Waals surface area (Å²) in [6.07, 6.45) is -1.83. The second kappa shape index (κ2) is 14.2. The van der Waals surface area contributed by atoms with E-state index in [2.05, 4.69) is 113 Å². The molecular formula is C49H54F6Hf. The summed E-state index contributed by atoms with van der Waals surface area (Å²) in [6, 6.07) is 17.7. The number of halogens is 6. The molecule has 56 heavy (non-hydrogen) atoms. The van der Waals surface area contributed by atoms with Crippen LogP contribution in [0.5, 0.6) is 0 Å². The first-order valence-electron chi connectivity index (χ1n) is 19.4. The van der Waals surface area contributed by atoms with Crippen LogP contribution >= 0.6 is 0 Å². The third-order valence-electron chi connectivity index (χ3n) is 11.1. The summed E-state index contributed by atoms with van der Waals surface area (Å²) >= 11 is -4.07. The average Bonchev–Trinajstić information content (AvgIpc) is 3.72. The van der Waals surface area contributed by atoms with E-state index in [1.165, 1.54) is 54.4 Å². The van der Waals surface area contributed by atoms with Crippen LogP contribution in [0.15, 0.2) is 88.3 Å². The van der Waals surface area contributed by atoms with Crippen molar-refractivity contribution in [2.24, 2.45) is 0 Å². The van der Waals surface area contributed by atoms with Gasteiger partial charge >= 0.3 is 339 Å². The molecule has 0 fully saturated rings. The van der Waals surface area contributed by atoms with Gasteiger partial charge in [0.25, 0.3) is 0 Å². The van der Waals surface area contributed by atoms with Crippen LogP contribution in [0.3, 0.4) is 0 Å². The fraction of sp³-hybridized carbons (Fsp3) is 0.408. The Balaban J connectivity index is 1.89. The topological polar surface area (TPSA) is 0 Å². The van der Waals surface area contributed by atoms with E-state index in [4.69, 9.17) is 0 Å². The molecule has 0 saturated carbocycles. The van der Waals surface area contributed by atoms with Crippen molar-refractivity contribution in [3.8, 4) is 11.1 Å². The fourth-order valence-electron chi connectivity index (χ4n) is 8.50. The van der Waals surface area contributed by atoms with Crippen LogP contribution in [0, 0.1) is 0 Å². The van der Waals surface area contributed by atoms with Gasteiger partial charge in [-0.25, -0.2) is 0 Å². The number of alkyl halides is 6. The summed E-state index contributed by atoms with van der Waals surface area (Å²) in [4.78, 5) is 0. The van der Waals surface area contributed by atoms with Gasteiger partial charge in [-0.15, -0.1) is 0 Å². The molecule has 0 spiro atoms. The zero-order valence-electron chi connectivity index (χ0n) is 34.8. The van der Waals surface area contributed by atoms with Crippen molar-refractivity contribution in [3.05, 3.63) is 144 Å². The van der Waals surface area contributed by atoms with E-state index in [0.717, 1.165) is 33.2 Å². The van der Waals surface area contributed by atoms with Gasteiger partial charge in [0.15, 0.2) is 0 Å². The molecule has 0 nitrogen and oxygen atoms in total. The van der Waals surface area contributed by atoms with Crippen molar-refractivity contribution in [2.75, 3.05) is 0 Å². The number of fused-ring (bicyclic) bond motifs is 3. The van der Waals surface area contributed by atoms with Gasteiger partial charge in [0.05, 0.1) is 0 Å². The monoisotopic (exact) mass is 936 g/mol. The van der Waals surface area contributed by atoms with E-state index in [1.807, 2.05) is 6.08 Å². The summed E-state index contributed by atoms with van der Waals surface area (Å²) in [6.45, 7) is 26.7. The van der Waals surface area contributed by atoms with Crippen LogP contribution in [0.1, 0.15) is 145 Å². The van der Waals surface area contributed by atoms with Gasteiger partial charge in [0, 0.05) is 0 Å². The van der Waals surface area contributed by atoms with E-state index >= 15 is 0 Å². The Bertz CT molecular complexity index is 2240. The van der Waals surface area contributed by atoms with Crippen LogP contribution in [-0.4, -0.2) is 3.26 Å². The summed E-state index contributed by atoms with van der Waals surface area (Å²) < 4.78 is 89.9. The van der Waals surface area contributed by atoms with E-state index in [-0.39, 0.29) is 16.2 Å². The second-order valence-corrected chi connectivity index (χ2v) is 28.3. The van der Waals surface area contributed by atoms with Gasteiger partial charge in [0.1, 0.15) is 0 Å². The first kappa shape index (κ1) is 42.3. The van der Waals surface area contributed by atoms with Crippen LogP contribution in [0.4, 0.5) is 26.3 Å². The molecule has 0 aliphatic heterocycles. The van der Waals surface area contributed by atoms with Gasteiger partial charge < -0.3 is 0 Å². The maximum atomic E-state index is 14.5. The Hall–Kier alpha value is -3.32. The summed E-state index contributed by atoms with van der Waals surface area (Å²) in [5.41, 5.74) is 7.68. The third-order valence-corrected chi connectivity index (χ3v) is 22.3. The molecule has 0 amide bonds. The molecule has 6 rings (SSSR count). The minimum absolute atomic E-state index is 0.126. The quantitative estimate of drug-likeness (QED) is 0.124. The first-order chi connectivity index (χ1) is 25.6. The molecule has 2 aliphatic rings. The van der Waals surface area contributed by atoms with Crippen LogP contribution < -0.4 is 3.32 Å². The van der Waals surface area contributed by atoms with Gasteiger partial charge in [-0.1, -0.05) is 0 Å². The van der Waals surface area contributed by atoms with Crippen molar-refractivity contribution in [2.45, 2.75) is 130 Å². The standard InChI is InChI=1S/C29H41.C15H8F6.C5H5.Hf/c1-26(2,3)22-14-18-13-19-15-23(27(4,5)6)25(29(10,11)12)17-21(19)20(18)16-24(22)28(7,8)9;16-14(17,18)12-5-1-3-10(8-12)7-11-4-2-6-13(9-11)15(19,20)21;1-2-4-5-3-1;/h14,16-17H,13H2,1-12H3;1-6,8-9H;1-3H,4H2;. The molecule has 2 aliphatic carbocycles. The predicted octanol–water partition coefficient (Wildman–Crippen LogP) is 13.8. The molecule has 7 heteroatoms. The fourth-order valence-corrected chi connectivity index (χ4v) is 21.6. The van der Waals surface area contributed by atoms with E-state index in [9.17, 15) is 26.3 Å². The maximum absolute atomic E-state index is 14.5. The summed E-state index contributed by atoms with van der Waals surface area (Å²) in [5, 5.41) is 0. The second-order valence-electron chi connectivity index (χ2n) is 19.7. The summed E-state index contributed by atoms with van der Waals surface area (Å²) in [7, 11) is 0. The Kier molecular flexibility index (Phi) is 10.7. The van der Waals surface area contributed by atoms with Crippen molar-refractivity contribution in [1.82, 2.24) is 0 Å². The average molecular weight is 935 g/mol. The predicted molar refractivity (Wildman–Crippen MR) is 217 cm³/mol. The molecule has 0 N–H and O–H groups in total. The SMILES string of the molecule is CC(C)(C)c1cc2c(cc1C(C)(C)C)-c1cc(C(C)(C)C)c(C(C)(C)C)[c]([Hf]([C]3=CC=CC3)=[C](c3cccc(C(F)(F)F)c3)c3cccc(C(F)(F)F)c3)c1C2. The van der Waals surface area contributed by atoms with Crippen LogP contribution in [-0.2, 0) is 61.4 Å². The van der Waals surface area contributed by atoms with Crippen molar-refractivity contribution < 1.29 is 47.3 Å². The van der Waals surface area contributed by atoms with E-state index < -0.39 is 49.8 Å². The van der Waals surface area contributed by atoms with Gasteiger partial charge in [-0.05, 0) is 0 Å². The third kappa shape index (κ3) is 8.18. The van der Waals surface area contributed by atoms with Crippen molar-refractivity contribution in [1.29, 1.82) is 0 Å². The molecular weight excluding hydrogens is 881 g/mol. The first-order valence-corrected chi connectivity index (χ1v) is 24.8. The molecule has 4 aromatic carbocycles. The number of hydrogen-bond acceptors (Lipinski definition) is 0. The number of hydrogen-bond donors (Lipinski definition) is 0. The van der Waals surface area contributed by atoms with Crippen LogP contribution in [0.25, 0.3) is 11.1 Å². The molecule has 296 valence electrons. The molecule has 0 aromatic heterocycles. The number of allylic oxidation sites excluding steroid dienone is 4. The van der Waals surface area contributed by atoms with E-state index in [0.29, 0.717) is 27.2 Å².